The van der Waals surface area contributed by atoms with Crippen LogP contribution < -0.4 is 5.32 Å². The first-order valence-corrected chi connectivity index (χ1v) is 8.66. The van der Waals surface area contributed by atoms with Gasteiger partial charge in [0.1, 0.15) is 0 Å². The molecule has 0 aromatic heterocycles. The molecule has 3 unspecified atom stereocenters. The van der Waals surface area contributed by atoms with Crippen molar-refractivity contribution in [3.63, 3.8) is 0 Å². The summed E-state index contributed by atoms with van der Waals surface area (Å²) in [5.74, 6) is 0. The van der Waals surface area contributed by atoms with Crippen molar-refractivity contribution in [2.24, 2.45) is 0 Å². The quantitative estimate of drug-likeness (QED) is 0.687. The molecule has 0 aromatic rings. The molecule has 0 amide bonds. The number of sulfone groups is 1. The fourth-order valence-electron chi connectivity index (χ4n) is 2.36. The van der Waals surface area contributed by atoms with Gasteiger partial charge in [-0.15, -0.1) is 0 Å². The predicted molar refractivity (Wildman–Crippen MR) is 74.6 cm³/mol. The first-order valence-electron chi connectivity index (χ1n) is 7.05. The second-order valence-corrected chi connectivity index (χ2v) is 7.80. The van der Waals surface area contributed by atoms with Gasteiger partial charge in [-0.1, -0.05) is 19.8 Å². The molecular weight excluding hydrogens is 250 g/mol. The highest BCUT2D eigenvalue weighted by atomic mass is 32.2. The van der Waals surface area contributed by atoms with Gasteiger partial charge in [0.05, 0.1) is 16.6 Å². The van der Waals surface area contributed by atoms with Crippen molar-refractivity contribution in [2.45, 2.75) is 63.1 Å². The summed E-state index contributed by atoms with van der Waals surface area (Å²) < 4.78 is 30.0. The average Bonchev–Trinajstić information content (AvgIpc) is 2.75. The van der Waals surface area contributed by atoms with Gasteiger partial charge in [-0.25, -0.2) is 8.42 Å². The zero-order valence-electron chi connectivity index (χ0n) is 11.8. The van der Waals surface area contributed by atoms with E-state index in [0.29, 0.717) is 19.6 Å². The summed E-state index contributed by atoms with van der Waals surface area (Å²) in [6.07, 6.45) is 3.99. The van der Waals surface area contributed by atoms with E-state index in [2.05, 4.69) is 12.2 Å². The van der Waals surface area contributed by atoms with Crippen LogP contribution in [0, 0.1) is 0 Å². The van der Waals surface area contributed by atoms with Gasteiger partial charge in [0.2, 0.25) is 0 Å². The molecular formula is C13H27NO3S. The van der Waals surface area contributed by atoms with Crippen molar-refractivity contribution in [1.82, 2.24) is 5.32 Å². The molecule has 1 saturated heterocycles. The molecule has 1 aliphatic heterocycles. The van der Waals surface area contributed by atoms with Gasteiger partial charge in [0, 0.05) is 13.2 Å². The van der Waals surface area contributed by atoms with E-state index in [1.54, 1.807) is 6.92 Å². The lowest BCUT2D eigenvalue weighted by Gasteiger charge is -2.20. The number of unbranched alkanes of at least 4 members (excludes halogenated alkanes) is 2. The lowest BCUT2D eigenvalue weighted by atomic mass is 10.2. The molecule has 5 heteroatoms. The van der Waals surface area contributed by atoms with Crippen molar-refractivity contribution in [2.75, 3.05) is 19.7 Å². The minimum absolute atomic E-state index is 0.155. The molecule has 1 fully saturated rings. The van der Waals surface area contributed by atoms with Crippen molar-refractivity contribution in [3.8, 4) is 0 Å². The number of ether oxygens (including phenoxy) is 1. The molecule has 0 aliphatic carbocycles. The second-order valence-electron chi connectivity index (χ2n) is 5.21. The second kappa shape index (κ2) is 7.46. The summed E-state index contributed by atoms with van der Waals surface area (Å²) in [5, 5.41) is 2.60. The largest absolute Gasteiger partial charge is 0.377 e. The zero-order valence-corrected chi connectivity index (χ0v) is 12.6. The topological polar surface area (TPSA) is 55.4 Å². The number of hydrogen-bond acceptors (Lipinski definition) is 4. The van der Waals surface area contributed by atoms with E-state index in [9.17, 15) is 8.42 Å². The van der Waals surface area contributed by atoms with Crippen LogP contribution in [0.3, 0.4) is 0 Å². The number of hydrogen-bond donors (Lipinski definition) is 1. The Morgan fingerprint density at radius 1 is 1.39 bits per heavy atom. The standard InChI is InChI=1S/C13H27NO3S/c1-4-5-6-8-14-10-11(2)18(15,16)13-7-9-17-12(13)3/h11-14H,4-10H2,1-3H3. The molecule has 0 spiro atoms. The van der Waals surface area contributed by atoms with Crippen molar-refractivity contribution in [3.05, 3.63) is 0 Å². The average molecular weight is 277 g/mol. The molecule has 0 aromatic carbocycles. The predicted octanol–water partition coefficient (Wildman–Crippen LogP) is 1.75. The molecule has 4 nitrogen and oxygen atoms in total. The van der Waals surface area contributed by atoms with Gasteiger partial charge in [0.15, 0.2) is 9.84 Å². The van der Waals surface area contributed by atoms with Crippen LogP contribution in [0.1, 0.15) is 46.5 Å². The Labute approximate surface area is 111 Å². The van der Waals surface area contributed by atoms with Crippen LogP contribution in [0.5, 0.6) is 0 Å². The van der Waals surface area contributed by atoms with Crippen molar-refractivity contribution in [1.29, 1.82) is 0 Å². The van der Waals surface area contributed by atoms with E-state index in [1.807, 2.05) is 6.92 Å². The smallest absolute Gasteiger partial charge is 0.159 e. The monoisotopic (exact) mass is 277 g/mol. The van der Waals surface area contributed by atoms with Crippen LogP contribution in [0.15, 0.2) is 0 Å². The summed E-state index contributed by atoms with van der Waals surface area (Å²) in [6.45, 7) is 7.85. The zero-order chi connectivity index (χ0) is 13.6. The Hall–Kier alpha value is -0.130. The fourth-order valence-corrected chi connectivity index (χ4v) is 4.35. The van der Waals surface area contributed by atoms with Crippen LogP contribution >= 0.6 is 0 Å². The van der Waals surface area contributed by atoms with E-state index in [4.69, 9.17) is 4.74 Å². The van der Waals surface area contributed by atoms with E-state index < -0.39 is 9.84 Å². The van der Waals surface area contributed by atoms with Gasteiger partial charge in [-0.2, -0.15) is 0 Å². The molecule has 108 valence electrons. The van der Waals surface area contributed by atoms with Crippen LogP contribution in [-0.4, -0.2) is 44.7 Å². The molecule has 1 aliphatic rings. The minimum atomic E-state index is -3.07. The Balaban J connectivity index is 2.37. The third-order valence-corrected chi connectivity index (χ3v) is 6.43. The van der Waals surface area contributed by atoms with Gasteiger partial charge in [-0.05, 0) is 33.2 Å². The summed E-state index contributed by atoms with van der Waals surface area (Å²) in [4.78, 5) is 0. The molecule has 1 N–H and O–H groups in total. The van der Waals surface area contributed by atoms with Crippen LogP contribution in [0.25, 0.3) is 0 Å². The summed E-state index contributed by atoms with van der Waals surface area (Å²) >= 11 is 0. The third-order valence-electron chi connectivity index (χ3n) is 3.68. The van der Waals surface area contributed by atoms with Crippen molar-refractivity contribution < 1.29 is 13.2 Å². The molecule has 1 rings (SSSR count). The maximum atomic E-state index is 12.3. The molecule has 0 bridgehead atoms. The summed E-state index contributed by atoms with van der Waals surface area (Å²) in [7, 11) is -3.07. The Morgan fingerprint density at radius 3 is 2.67 bits per heavy atom. The molecule has 0 radical (unpaired) electrons. The lowest BCUT2D eigenvalue weighted by molar-refractivity contribution is 0.126. The van der Waals surface area contributed by atoms with E-state index in [0.717, 1.165) is 13.0 Å². The highest BCUT2D eigenvalue weighted by Gasteiger charge is 2.38. The van der Waals surface area contributed by atoms with Gasteiger partial charge < -0.3 is 10.1 Å². The number of nitrogens with one attached hydrogen (secondary N) is 1. The molecule has 18 heavy (non-hydrogen) atoms. The third kappa shape index (κ3) is 4.21. The highest BCUT2D eigenvalue weighted by molar-refractivity contribution is 7.92. The van der Waals surface area contributed by atoms with Crippen LogP contribution in [0.4, 0.5) is 0 Å². The van der Waals surface area contributed by atoms with E-state index in [-0.39, 0.29) is 16.6 Å². The SMILES string of the molecule is CCCCCNCC(C)S(=O)(=O)C1CCOC1C. The molecule has 3 atom stereocenters. The van der Waals surface area contributed by atoms with Crippen LogP contribution in [0.2, 0.25) is 0 Å². The molecule has 0 saturated carbocycles. The maximum Gasteiger partial charge on any atom is 0.159 e. The van der Waals surface area contributed by atoms with Gasteiger partial charge in [0.25, 0.3) is 0 Å². The lowest BCUT2D eigenvalue weighted by Crippen LogP contribution is -2.40. The van der Waals surface area contributed by atoms with Gasteiger partial charge in [-0.3, -0.25) is 0 Å². The summed E-state index contributed by atoms with van der Waals surface area (Å²) in [6, 6.07) is 0. The minimum Gasteiger partial charge on any atom is -0.377 e. The van der Waals surface area contributed by atoms with Gasteiger partial charge >= 0.3 is 0 Å². The maximum absolute atomic E-state index is 12.3. The van der Waals surface area contributed by atoms with E-state index in [1.165, 1.54) is 12.8 Å². The van der Waals surface area contributed by atoms with E-state index >= 15 is 0 Å². The van der Waals surface area contributed by atoms with Crippen LogP contribution in [-0.2, 0) is 14.6 Å². The summed E-state index contributed by atoms with van der Waals surface area (Å²) in [5.41, 5.74) is 0. The Morgan fingerprint density at radius 2 is 2.11 bits per heavy atom. The Bertz CT molecular complexity index is 329. The normalized spacial score (nSPS) is 26.4. The first-order chi connectivity index (χ1) is 8.50. The number of rotatable bonds is 8. The first kappa shape index (κ1) is 15.9. The highest BCUT2D eigenvalue weighted by Crippen LogP contribution is 2.23. The Kier molecular flexibility index (Phi) is 6.60. The van der Waals surface area contributed by atoms with Crippen molar-refractivity contribution >= 4 is 9.84 Å². The molecule has 1 heterocycles. The fraction of sp³-hybridized carbons (Fsp3) is 1.00.